The van der Waals surface area contributed by atoms with E-state index < -0.39 is 0 Å². The van der Waals surface area contributed by atoms with Crippen LogP contribution in [0.25, 0.3) is 0 Å². The summed E-state index contributed by atoms with van der Waals surface area (Å²) < 4.78 is 11.9. The number of rotatable bonds is 5. The smallest absolute Gasteiger partial charge is 0.141 e. The van der Waals surface area contributed by atoms with E-state index in [0.29, 0.717) is 23.7 Å². The van der Waals surface area contributed by atoms with Crippen molar-refractivity contribution in [3.8, 4) is 17.2 Å². The molecule has 0 amide bonds. The van der Waals surface area contributed by atoms with Crippen LogP contribution in [0.2, 0.25) is 5.02 Å². The summed E-state index contributed by atoms with van der Waals surface area (Å²) in [7, 11) is 1.63. The minimum atomic E-state index is 0.542. The fraction of sp³-hybridized carbons (Fsp3) is 0.200. The molecule has 0 heterocycles. The average Bonchev–Trinajstić information content (AvgIpc) is 2.44. The Labute approximate surface area is 131 Å². The summed E-state index contributed by atoms with van der Waals surface area (Å²) >= 11 is 9.47. The van der Waals surface area contributed by atoms with Crippen LogP contribution >= 0.6 is 27.5 Å². The van der Waals surface area contributed by atoms with Crippen molar-refractivity contribution >= 4 is 27.5 Å². The Bertz CT molecular complexity index is 604. The van der Waals surface area contributed by atoms with E-state index in [-0.39, 0.29) is 0 Å². The Morgan fingerprint density at radius 1 is 1.15 bits per heavy atom. The Hall–Kier alpha value is -1.23. The molecule has 2 aromatic rings. The summed E-state index contributed by atoms with van der Waals surface area (Å²) in [5.74, 6) is 2.24. The van der Waals surface area contributed by atoms with Crippen molar-refractivity contribution in [3.05, 3.63) is 51.5 Å². The fourth-order valence-corrected chi connectivity index (χ4v) is 2.44. The van der Waals surface area contributed by atoms with Gasteiger partial charge in [-0.1, -0.05) is 11.6 Å². The summed E-state index contributed by atoms with van der Waals surface area (Å²) in [6.07, 6.45) is 0.712. The van der Waals surface area contributed by atoms with Gasteiger partial charge >= 0.3 is 0 Å². The number of benzene rings is 2. The van der Waals surface area contributed by atoms with Crippen molar-refractivity contribution in [2.75, 3.05) is 13.7 Å². The molecule has 0 bridgehead atoms. The lowest BCUT2D eigenvalue weighted by Gasteiger charge is -2.13. The molecule has 0 radical (unpaired) electrons. The van der Waals surface area contributed by atoms with Gasteiger partial charge in [-0.3, -0.25) is 0 Å². The van der Waals surface area contributed by atoms with E-state index in [1.165, 1.54) is 0 Å². The molecule has 0 saturated heterocycles. The zero-order chi connectivity index (χ0) is 14.5. The minimum absolute atomic E-state index is 0.542. The third-order valence-corrected chi connectivity index (χ3v) is 3.65. The summed E-state index contributed by atoms with van der Waals surface area (Å²) in [5, 5.41) is 0.676. The van der Waals surface area contributed by atoms with Gasteiger partial charge < -0.3 is 15.2 Å². The molecule has 3 nitrogen and oxygen atoms in total. The minimum Gasteiger partial charge on any atom is -0.497 e. The van der Waals surface area contributed by atoms with Crippen molar-refractivity contribution in [3.63, 3.8) is 0 Å². The van der Waals surface area contributed by atoms with Gasteiger partial charge in [0.2, 0.25) is 0 Å². The number of halogens is 2. The molecular formula is C15H15BrClNO2. The van der Waals surface area contributed by atoms with E-state index in [2.05, 4.69) is 15.9 Å². The highest BCUT2D eigenvalue weighted by molar-refractivity contribution is 9.10. The molecule has 0 aromatic heterocycles. The third-order valence-electron chi connectivity index (χ3n) is 2.80. The lowest BCUT2D eigenvalue weighted by atomic mass is 10.1. The van der Waals surface area contributed by atoms with Gasteiger partial charge in [0, 0.05) is 5.02 Å². The summed E-state index contributed by atoms with van der Waals surface area (Å²) in [4.78, 5) is 0. The van der Waals surface area contributed by atoms with Crippen molar-refractivity contribution in [2.45, 2.75) is 6.42 Å². The monoisotopic (exact) mass is 355 g/mol. The largest absolute Gasteiger partial charge is 0.497 e. The van der Waals surface area contributed by atoms with Crippen LogP contribution in [0.3, 0.4) is 0 Å². The molecule has 106 valence electrons. The number of hydrogen-bond acceptors (Lipinski definition) is 3. The van der Waals surface area contributed by atoms with Crippen LogP contribution in [0.1, 0.15) is 5.56 Å². The van der Waals surface area contributed by atoms with Crippen molar-refractivity contribution in [1.82, 2.24) is 0 Å². The standard InChI is InChI=1S/C15H15BrClNO2/c1-19-12-3-5-15(13(16)9-12)20-14-4-2-11(17)8-10(14)6-7-18/h2-5,8-9H,6-7,18H2,1H3. The molecule has 0 unspecified atom stereocenters. The highest BCUT2D eigenvalue weighted by Gasteiger charge is 2.09. The quantitative estimate of drug-likeness (QED) is 0.863. The van der Waals surface area contributed by atoms with Gasteiger partial charge in [0.25, 0.3) is 0 Å². The van der Waals surface area contributed by atoms with Crippen LogP contribution < -0.4 is 15.2 Å². The van der Waals surface area contributed by atoms with E-state index >= 15 is 0 Å². The van der Waals surface area contributed by atoms with Gasteiger partial charge in [-0.05, 0) is 70.9 Å². The maximum absolute atomic E-state index is 6.00. The molecule has 0 aliphatic heterocycles. The lowest BCUT2D eigenvalue weighted by Crippen LogP contribution is -2.04. The second-order valence-corrected chi connectivity index (χ2v) is 5.48. The van der Waals surface area contributed by atoms with Crippen LogP contribution in [0.15, 0.2) is 40.9 Å². The zero-order valence-corrected chi connectivity index (χ0v) is 13.4. The number of methoxy groups -OCH3 is 1. The van der Waals surface area contributed by atoms with Crippen molar-refractivity contribution in [1.29, 1.82) is 0 Å². The molecule has 20 heavy (non-hydrogen) atoms. The van der Waals surface area contributed by atoms with E-state index in [1.807, 2.05) is 30.3 Å². The average molecular weight is 357 g/mol. The second kappa shape index (κ2) is 6.97. The predicted octanol–water partition coefficient (Wildman–Crippen LogP) is 4.40. The van der Waals surface area contributed by atoms with Crippen LogP contribution in [0, 0.1) is 0 Å². The van der Waals surface area contributed by atoms with Gasteiger partial charge in [-0.15, -0.1) is 0 Å². The number of hydrogen-bond donors (Lipinski definition) is 1. The lowest BCUT2D eigenvalue weighted by molar-refractivity contribution is 0.412. The maximum atomic E-state index is 6.00. The highest BCUT2D eigenvalue weighted by atomic mass is 79.9. The summed E-state index contributed by atoms with van der Waals surface area (Å²) in [6, 6.07) is 11.1. The molecule has 0 aliphatic rings. The first-order valence-corrected chi connectivity index (χ1v) is 7.31. The van der Waals surface area contributed by atoms with Gasteiger partial charge in [-0.25, -0.2) is 0 Å². The van der Waals surface area contributed by atoms with E-state index in [4.69, 9.17) is 26.8 Å². The molecule has 5 heteroatoms. The molecule has 0 aliphatic carbocycles. The Balaban J connectivity index is 2.29. The van der Waals surface area contributed by atoms with Crippen LogP contribution in [0.4, 0.5) is 0 Å². The molecule has 0 fully saturated rings. The zero-order valence-electron chi connectivity index (χ0n) is 11.0. The second-order valence-electron chi connectivity index (χ2n) is 4.19. The van der Waals surface area contributed by atoms with Crippen LogP contribution in [-0.4, -0.2) is 13.7 Å². The Morgan fingerprint density at radius 3 is 2.55 bits per heavy atom. The third kappa shape index (κ3) is 3.66. The summed E-state index contributed by atoms with van der Waals surface area (Å²) in [6.45, 7) is 0.542. The SMILES string of the molecule is COc1ccc(Oc2ccc(Cl)cc2CCN)c(Br)c1. The van der Waals surface area contributed by atoms with E-state index in [0.717, 1.165) is 21.5 Å². The molecule has 0 spiro atoms. The van der Waals surface area contributed by atoms with Crippen molar-refractivity contribution < 1.29 is 9.47 Å². The number of nitrogens with two attached hydrogens (primary N) is 1. The predicted molar refractivity (Wildman–Crippen MR) is 85.0 cm³/mol. The first kappa shape index (κ1) is 15.2. The fourth-order valence-electron chi connectivity index (χ4n) is 1.81. The normalized spacial score (nSPS) is 10.4. The molecule has 2 rings (SSSR count). The molecule has 2 aromatic carbocycles. The van der Waals surface area contributed by atoms with Crippen LogP contribution in [-0.2, 0) is 6.42 Å². The van der Waals surface area contributed by atoms with Gasteiger partial charge in [0.15, 0.2) is 0 Å². The Kier molecular flexibility index (Phi) is 5.29. The number of ether oxygens (including phenoxy) is 2. The van der Waals surface area contributed by atoms with Crippen molar-refractivity contribution in [2.24, 2.45) is 5.73 Å². The molecular weight excluding hydrogens is 342 g/mol. The van der Waals surface area contributed by atoms with Crippen LogP contribution in [0.5, 0.6) is 17.2 Å². The topological polar surface area (TPSA) is 44.5 Å². The van der Waals surface area contributed by atoms with E-state index in [9.17, 15) is 0 Å². The molecule has 0 saturated carbocycles. The molecule has 0 atom stereocenters. The van der Waals surface area contributed by atoms with E-state index in [1.54, 1.807) is 13.2 Å². The summed E-state index contributed by atoms with van der Waals surface area (Å²) in [5.41, 5.74) is 6.60. The highest BCUT2D eigenvalue weighted by Crippen LogP contribution is 2.34. The Morgan fingerprint density at radius 2 is 1.90 bits per heavy atom. The van der Waals surface area contributed by atoms with Gasteiger partial charge in [0.05, 0.1) is 11.6 Å². The maximum Gasteiger partial charge on any atom is 0.141 e. The first-order valence-electron chi connectivity index (χ1n) is 6.14. The van der Waals surface area contributed by atoms with Gasteiger partial charge in [0.1, 0.15) is 17.2 Å². The van der Waals surface area contributed by atoms with Gasteiger partial charge in [-0.2, -0.15) is 0 Å². The molecule has 2 N–H and O–H groups in total. The first-order chi connectivity index (χ1) is 9.63.